The maximum Gasteiger partial charge on any atom is 0.0476 e. The number of hydrogen-bond acceptors (Lipinski definition) is 0. The largest absolute Gasteiger partial charge is 0.172 e. The normalized spacial score (nSPS) is 12.7. The molecule has 9 heavy (non-hydrogen) atoms. The van der Waals surface area contributed by atoms with Crippen LogP contribution in [0.5, 0.6) is 0 Å². The molecule has 0 N–H and O–H groups in total. The van der Waals surface area contributed by atoms with E-state index in [2.05, 4.69) is 34.6 Å². The molecule has 0 spiro atoms. The van der Waals surface area contributed by atoms with E-state index in [4.69, 9.17) is 6.42 Å². The average Bonchev–Trinajstić information content (AvgIpc) is 1.89. The van der Waals surface area contributed by atoms with Gasteiger partial charge in [-0.1, -0.05) is 19.8 Å². The SMILES string of the molecule is C#CCS(Br)(CC)CC. The second-order valence-electron chi connectivity index (χ2n) is 1.87. The fourth-order valence-electron chi connectivity index (χ4n) is 0.558. The molecular weight excluding hydrogens is 196 g/mol. The lowest BCUT2D eigenvalue weighted by atomic mass is 10.8. The van der Waals surface area contributed by atoms with Crippen molar-refractivity contribution in [2.75, 3.05) is 17.3 Å². The maximum absolute atomic E-state index is 5.21. The van der Waals surface area contributed by atoms with Gasteiger partial charge in [-0.25, -0.2) is 0 Å². The zero-order chi connectivity index (χ0) is 7.33. The molecule has 0 atom stereocenters. The molecule has 2 heteroatoms. The van der Waals surface area contributed by atoms with E-state index in [-0.39, 0.29) is 0 Å². The second kappa shape index (κ2) is 4.24. The van der Waals surface area contributed by atoms with E-state index in [0.29, 0.717) is 0 Å². The van der Waals surface area contributed by atoms with Crippen LogP contribution >= 0.6 is 23.3 Å². The Labute approximate surface area is 66.9 Å². The smallest absolute Gasteiger partial charge is 0.0476 e. The van der Waals surface area contributed by atoms with Crippen LogP contribution in [0.2, 0.25) is 0 Å². The topological polar surface area (TPSA) is 0 Å². The first-order valence-corrected chi connectivity index (χ1v) is 7.06. The molecule has 0 aliphatic carbocycles. The van der Waals surface area contributed by atoms with E-state index in [1.807, 2.05) is 0 Å². The van der Waals surface area contributed by atoms with E-state index in [0.717, 1.165) is 5.75 Å². The van der Waals surface area contributed by atoms with Crippen LogP contribution < -0.4 is 0 Å². The Morgan fingerprint density at radius 1 is 1.44 bits per heavy atom. The highest BCUT2D eigenvalue weighted by Gasteiger charge is 2.12. The van der Waals surface area contributed by atoms with Gasteiger partial charge in [-0.15, -0.1) is 6.42 Å². The van der Waals surface area contributed by atoms with Crippen LogP contribution in [0.1, 0.15) is 13.8 Å². The van der Waals surface area contributed by atoms with Gasteiger partial charge in [-0.3, -0.25) is 0 Å². The molecule has 0 nitrogen and oxygen atoms in total. The van der Waals surface area contributed by atoms with Crippen LogP contribution in [0.4, 0.5) is 0 Å². The van der Waals surface area contributed by atoms with Gasteiger partial charge in [0.1, 0.15) is 0 Å². The van der Waals surface area contributed by atoms with Crippen LogP contribution in [-0.4, -0.2) is 17.3 Å². The molecule has 0 saturated heterocycles. The highest BCUT2D eigenvalue weighted by molar-refractivity contribution is 9.58. The molecule has 0 fully saturated rings. The Kier molecular flexibility index (Phi) is 4.43. The summed E-state index contributed by atoms with van der Waals surface area (Å²) < 4.78 is 0. The lowest BCUT2D eigenvalue weighted by Crippen LogP contribution is -2.00. The van der Waals surface area contributed by atoms with E-state index >= 15 is 0 Å². The van der Waals surface area contributed by atoms with Crippen molar-refractivity contribution in [3.63, 3.8) is 0 Å². The van der Waals surface area contributed by atoms with Gasteiger partial charge in [0.05, 0.1) is 0 Å². The maximum atomic E-state index is 5.21. The van der Waals surface area contributed by atoms with Gasteiger partial charge in [0.25, 0.3) is 0 Å². The second-order valence-corrected chi connectivity index (χ2v) is 9.31. The van der Waals surface area contributed by atoms with Crippen molar-refractivity contribution >= 4 is 23.3 Å². The quantitative estimate of drug-likeness (QED) is 0.627. The first-order valence-electron chi connectivity index (χ1n) is 3.08. The highest BCUT2D eigenvalue weighted by Crippen LogP contribution is 2.54. The van der Waals surface area contributed by atoms with Crippen LogP contribution in [-0.2, 0) is 0 Å². The third kappa shape index (κ3) is 3.17. The van der Waals surface area contributed by atoms with Gasteiger partial charge in [0.2, 0.25) is 0 Å². The van der Waals surface area contributed by atoms with Crippen molar-refractivity contribution < 1.29 is 0 Å². The lowest BCUT2D eigenvalue weighted by Gasteiger charge is -2.27. The molecule has 0 radical (unpaired) electrons. The summed E-state index contributed by atoms with van der Waals surface area (Å²) in [6.45, 7) is 4.37. The summed E-state index contributed by atoms with van der Waals surface area (Å²) in [7, 11) is -0.589. The van der Waals surface area contributed by atoms with Gasteiger partial charge in [-0.05, 0) is 26.3 Å². The standard InChI is InChI=1S/C7H13BrS/c1-4-7-9(8,5-2)6-3/h1H,5-7H2,2-3H3. The summed E-state index contributed by atoms with van der Waals surface area (Å²) in [6.07, 6.45) is 5.21. The molecular formula is C7H13BrS. The number of hydrogen-bond donors (Lipinski definition) is 0. The minimum atomic E-state index is -0.589. The zero-order valence-electron chi connectivity index (χ0n) is 5.98. The Hall–Kier alpha value is 0.390. The molecule has 0 aromatic rings. The molecule has 0 aliphatic heterocycles. The summed E-state index contributed by atoms with van der Waals surface area (Å²) in [5, 5.41) is 0. The van der Waals surface area contributed by atoms with Crippen LogP contribution in [0, 0.1) is 12.3 Å². The zero-order valence-corrected chi connectivity index (χ0v) is 8.39. The molecule has 0 rings (SSSR count). The van der Waals surface area contributed by atoms with Crippen molar-refractivity contribution in [2.45, 2.75) is 13.8 Å². The Bertz CT molecular complexity index is 111. The molecule has 0 aromatic carbocycles. The molecule has 0 heterocycles. The lowest BCUT2D eigenvalue weighted by molar-refractivity contribution is 1.42. The first-order chi connectivity index (χ1) is 4.18. The summed E-state index contributed by atoms with van der Waals surface area (Å²) in [4.78, 5) is 0. The summed E-state index contributed by atoms with van der Waals surface area (Å²) in [6, 6.07) is 0. The molecule has 0 aliphatic rings. The summed E-state index contributed by atoms with van der Waals surface area (Å²) in [5.74, 6) is 5.99. The van der Waals surface area contributed by atoms with Crippen molar-refractivity contribution in [3.05, 3.63) is 0 Å². The van der Waals surface area contributed by atoms with Crippen LogP contribution in [0.25, 0.3) is 0 Å². The summed E-state index contributed by atoms with van der Waals surface area (Å²) in [5.41, 5.74) is 0. The molecule has 0 saturated carbocycles. The number of terminal acetylenes is 1. The van der Waals surface area contributed by atoms with E-state index < -0.39 is 8.46 Å². The molecule has 54 valence electrons. The Balaban J connectivity index is 3.80. The van der Waals surface area contributed by atoms with Gasteiger partial charge in [-0.2, -0.15) is 8.46 Å². The number of rotatable bonds is 3. The minimum Gasteiger partial charge on any atom is -0.172 e. The first kappa shape index (κ1) is 9.39. The molecule has 0 amide bonds. The van der Waals surface area contributed by atoms with Gasteiger partial charge in [0.15, 0.2) is 0 Å². The van der Waals surface area contributed by atoms with Gasteiger partial charge < -0.3 is 0 Å². The Morgan fingerprint density at radius 3 is 2.00 bits per heavy atom. The molecule has 0 unspecified atom stereocenters. The van der Waals surface area contributed by atoms with E-state index in [1.165, 1.54) is 11.5 Å². The van der Waals surface area contributed by atoms with Crippen molar-refractivity contribution in [1.29, 1.82) is 0 Å². The third-order valence-corrected chi connectivity index (χ3v) is 7.56. The van der Waals surface area contributed by atoms with Crippen LogP contribution in [0.15, 0.2) is 0 Å². The van der Waals surface area contributed by atoms with E-state index in [9.17, 15) is 0 Å². The fourth-order valence-corrected chi connectivity index (χ4v) is 2.07. The van der Waals surface area contributed by atoms with Crippen molar-refractivity contribution in [1.82, 2.24) is 0 Å². The summed E-state index contributed by atoms with van der Waals surface area (Å²) >= 11 is 3.68. The molecule has 0 aromatic heterocycles. The highest BCUT2D eigenvalue weighted by atomic mass is 79.9. The average molecular weight is 209 g/mol. The minimum absolute atomic E-state index is 0.589. The van der Waals surface area contributed by atoms with E-state index in [1.54, 1.807) is 0 Å². The van der Waals surface area contributed by atoms with Crippen molar-refractivity contribution in [2.24, 2.45) is 0 Å². The van der Waals surface area contributed by atoms with Crippen molar-refractivity contribution in [3.8, 4) is 12.3 Å². The third-order valence-electron chi connectivity index (χ3n) is 1.38. The predicted octanol–water partition coefficient (Wildman–Crippen LogP) is 2.77. The monoisotopic (exact) mass is 208 g/mol. The van der Waals surface area contributed by atoms with Gasteiger partial charge in [0, 0.05) is 5.75 Å². The predicted molar refractivity (Wildman–Crippen MR) is 51.3 cm³/mol. The van der Waals surface area contributed by atoms with Gasteiger partial charge >= 0.3 is 0 Å². The molecule has 0 bridgehead atoms. The van der Waals surface area contributed by atoms with Crippen LogP contribution in [0.3, 0.4) is 0 Å². The Morgan fingerprint density at radius 2 is 1.89 bits per heavy atom. The fraction of sp³-hybridized carbons (Fsp3) is 0.714. The number of halogens is 1.